The number of hydrogen-bond donors (Lipinski definition) is 1. The molecule has 4 heteroatoms. The topological polar surface area (TPSA) is 39.1 Å². The van der Waals surface area contributed by atoms with Crippen LogP contribution in [0.4, 0.5) is 0 Å². The molecule has 0 amide bonds. The van der Waals surface area contributed by atoms with E-state index in [0.717, 1.165) is 38.4 Å². The zero-order valence-corrected chi connectivity index (χ0v) is 12.8. The van der Waals surface area contributed by atoms with E-state index >= 15 is 0 Å². The first-order valence-electron chi connectivity index (χ1n) is 8.14. The average Bonchev–Trinajstić information content (AvgIpc) is 3.28. The molecule has 1 saturated carbocycles. The fourth-order valence-electron chi connectivity index (χ4n) is 2.53. The summed E-state index contributed by atoms with van der Waals surface area (Å²) < 4.78 is 7.76. The highest BCUT2D eigenvalue weighted by molar-refractivity contribution is 5.81. The lowest BCUT2D eigenvalue weighted by Gasteiger charge is -2.05. The summed E-state index contributed by atoms with van der Waals surface area (Å²) >= 11 is 0. The molecule has 0 radical (unpaired) electrons. The number of nitrogens with one attached hydrogen (secondary N) is 1. The molecule has 0 bridgehead atoms. The van der Waals surface area contributed by atoms with Crippen molar-refractivity contribution in [2.45, 2.75) is 51.7 Å². The minimum atomic E-state index is 0.714. The van der Waals surface area contributed by atoms with Gasteiger partial charge >= 0.3 is 0 Å². The number of nitrogens with zero attached hydrogens (tertiary/aromatic N) is 2. The van der Waals surface area contributed by atoms with Gasteiger partial charge in [-0.3, -0.25) is 4.68 Å². The number of fused-ring (bicyclic) bond motifs is 1. The molecule has 21 heavy (non-hydrogen) atoms. The molecular formula is C17H25N3O. The van der Waals surface area contributed by atoms with Crippen molar-refractivity contribution in [2.75, 3.05) is 13.2 Å². The molecule has 3 rings (SSSR count). The van der Waals surface area contributed by atoms with Crippen LogP contribution in [0.5, 0.6) is 0 Å². The van der Waals surface area contributed by atoms with Crippen molar-refractivity contribution in [1.29, 1.82) is 0 Å². The first-order valence-corrected chi connectivity index (χ1v) is 8.14. The van der Waals surface area contributed by atoms with Crippen LogP contribution in [0.1, 0.15) is 38.3 Å². The van der Waals surface area contributed by atoms with Crippen LogP contribution in [0.2, 0.25) is 0 Å². The number of ether oxygens (including phenoxy) is 1. The van der Waals surface area contributed by atoms with Crippen LogP contribution in [-0.2, 0) is 17.8 Å². The van der Waals surface area contributed by atoms with Crippen LogP contribution in [-0.4, -0.2) is 29.0 Å². The van der Waals surface area contributed by atoms with Gasteiger partial charge in [0.1, 0.15) is 0 Å². The number of aromatic nitrogens is 2. The van der Waals surface area contributed by atoms with Crippen LogP contribution in [0.3, 0.4) is 0 Å². The molecule has 4 nitrogen and oxygen atoms in total. The lowest BCUT2D eigenvalue weighted by Crippen LogP contribution is -2.16. The van der Waals surface area contributed by atoms with E-state index in [-0.39, 0.29) is 0 Å². The Labute approximate surface area is 126 Å². The van der Waals surface area contributed by atoms with Gasteiger partial charge in [-0.2, -0.15) is 5.10 Å². The third kappa shape index (κ3) is 3.83. The highest BCUT2D eigenvalue weighted by Gasteiger charge is 2.21. The molecule has 0 unspecified atom stereocenters. The van der Waals surface area contributed by atoms with Crippen LogP contribution in [0.25, 0.3) is 10.9 Å². The SMILES string of the molecule is CCCCOCCn1nc(CNC2CC2)c2ccccc21. The van der Waals surface area contributed by atoms with Gasteiger partial charge in [-0.15, -0.1) is 0 Å². The highest BCUT2D eigenvalue weighted by Crippen LogP contribution is 2.22. The average molecular weight is 287 g/mol. The third-order valence-corrected chi connectivity index (χ3v) is 3.96. The Morgan fingerprint density at radius 2 is 2.14 bits per heavy atom. The number of para-hydroxylation sites is 1. The highest BCUT2D eigenvalue weighted by atomic mass is 16.5. The number of rotatable bonds is 9. The van der Waals surface area contributed by atoms with E-state index in [1.165, 1.54) is 30.2 Å². The lowest BCUT2D eigenvalue weighted by molar-refractivity contribution is 0.122. The van der Waals surface area contributed by atoms with Crippen molar-refractivity contribution in [3.8, 4) is 0 Å². The largest absolute Gasteiger partial charge is 0.380 e. The summed E-state index contributed by atoms with van der Waals surface area (Å²) in [6.45, 7) is 5.47. The standard InChI is InChI=1S/C17H25N3O/c1-2-3-11-21-12-10-20-17-7-5-4-6-15(17)16(19-20)13-18-14-8-9-14/h4-7,14,18H,2-3,8-13H2,1H3. The van der Waals surface area contributed by atoms with Gasteiger partial charge in [0.2, 0.25) is 0 Å². The molecule has 0 atom stereocenters. The summed E-state index contributed by atoms with van der Waals surface area (Å²) in [5.41, 5.74) is 2.37. The molecule has 0 spiro atoms. The van der Waals surface area contributed by atoms with Crippen molar-refractivity contribution >= 4 is 10.9 Å². The molecule has 1 N–H and O–H groups in total. The van der Waals surface area contributed by atoms with Crippen LogP contribution >= 0.6 is 0 Å². The van der Waals surface area contributed by atoms with E-state index in [9.17, 15) is 0 Å². The summed E-state index contributed by atoms with van der Waals surface area (Å²) in [6, 6.07) is 9.20. The van der Waals surface area contributed by atoms with Crippen LogP contribution < -0.4 is 5.32 Å². The first kappa shape index (κ1) is 14.5. The van der Waals surface area contributed by atoms with Gasteiger partial charge in [0.05, 0.1) is 24.4 Å². The zero-order valence-electron chi connectivity index (χ0n) is 12.8. The number of benzene rings is 1. The fourth-order valence-corrected chi connectivity index (χ4v) is 2.53. The third-order valence-electron chi connectivity index (χ3n) is 3.96. The van der Waals surface area contributed by atoms with E-state index < -0.39 is 0 Å². The van der Waals surface area contributed by atoms with E-state index in [0.29, 0.717) is 6.04 Å². The quantitative estimate of drug-likeness (QED) is 0.720. The Hall–Kier alpha value is -1.39. The number of unbranched alkanes of at least 4 members (excludes halogenated alkanes) is 1. The molecule has 1 heterocycles. The van der Waals surface area contributed by atoms with Gasteiger partial charge in [-0.1, -0.05) is 31.5 Å². The second-order valence-electron chi connectivity index (χ2n) is 5.81. The maximum absolute atomic E-state index is 5.67. The normalized spacial score (nSPS) is 14.9. The first-order chi connectivity index (χ1) is 10.4. The Morgan fingerprint density at radius 1 is 1.29 bits per heavy atom. The monoisotopic (exact) mass is 287 g/mol. The van der Waals surface area contributed by atoms with Gasteiger partial charge < -0.3 is 10.1 Å². The maximum Gasteiger partial charge on any atom is 0.0841 e. The molecular weight excluding hydrogens is 262 g/mol. The van der Waals surface area contributed by atoms with E-state index in [4.69, 9.17) is 9.84 Å². The summed E-state index contributed by atoms with van der Waals surface area (Å²) in [7, 11) is 0. The zero-order chi connectivity index (χ0) is 14.5. The summed E-state index contributed by atoms with van der Waals surface area (Å²) in [4.78, 5) is 0. The molecule has 1 fully saturated rings. The Morgan fingerprint density at radius 3 is 2.95 bits per heavy atom. The van der Waals surface area contributed by atoms with Gasteiger partial charge in [0, 0.05) is 24.6 Å². The molecule has 1 aliphatic rings. The second-order valence-corrected chi connectivity index (χ2v) is 5.81. The van der Waals surface area contributed by atoms with Crippen molar-refractivity contribution in [3.05, 3.63) is 30.0 Å². The fraction of sp³-hybridized carbons (Fsp3) is 0.588. The van der Waals surface area contributed by atoms with Crippen molar-refractivity contribution < 1.29 is 4.74 Å². The van der Waals surface area contributed by atoms with Crippen LogP contribution in [0.15, 0.2) is 24.3 Å². The van der Waals surface area contributed by atoms with Gasteiger partial charge in [0.15, 0.2) is 0 Å². The predicted octanol–water partition coefficient (Wildman–Crippen LogP) is 3.11. The van der Waals surface area contributed by atoms with Gasteiger partial charge in [-0.25, -0.2) is 0 Å². The predicted molar refractivity (Wildman–Crippen MR) is 85.3 cm³/mol. The Kier molecular flexibility index (Phi) is 4.88. The minimum Gasteiger partial charge on any atom is -0.380 e. The van der Waals surface area contributed by atoms with E-state index in [2.05, 4.69) is 41.2 Å². The van der Waals surface area contributed by atoms with Crippen molar-refractivity contribution in [2.24, 2.45) is 0 Å². The molecule has 0 saturated heterocycles. The molecule has 1 aromatic heterocycles. The van der Waals surface area contributed by atoms with Gasteiger partial charge in [-0.05, 0) is 25.3 Å². The molecule has 2 aromatic rings. The second kappa shape index (κ2) is 7.05. The Bertz CT molecular complexity index is 574. The summed E-state index contributed by atoms with van der Waals surface area (Å²) in [6.07, 6.45) is 4.94. The number of hydrogen-bond acceptors (Lipinski definition) is 3. The smallest absolute Gasteiger partial charge is 0.0841 e. The summed E-state index contributed by atoms with van der Waals surface area (Å²) in [5, 5.41) is 9.60. The van der Waals surface area contributed by atoms with Gasteiger partial charge in [0.25, 0.3) is 0 Å². The minimum absolute atomic E-state index is 0.714. The lowest BCUT2D eigenvalue weighted by atomic mass is 10.2. The molecule has 1 aliphatic carbocycles. The molecule has 0 aliphatic heterocycles. The van der Waals surface area contributed by atoms with Crippen LogP contribution in [0, 0.1) is 0 Å². The summed E-state index contributed by atoms with van der Waals surface area (Å²) in [5.74, 6) is 0. The Balaban J connectivity index is 1.65. The van der Waals surface area contributed by atoms with E-state index in [1.807, 2.05) is 0 Å². The maximum atomic E-state index is 5.67. The molecule has 1 aromatic carbocycles. The van der Waals surface area contributed by atoms with Crippen molar-refractivity contribution in [1.82, 2.24) is 15.1 Å². The van der Waals surface area contributed by atoms with E-state index in [1.54, 1.807) is 0 Å². The van der Waals surface area contributed by atoms with Crippen molar-refractivity contribution in [3.63, 3.8) is 0 Å². The molecule has 114 valence electrons.